The molecule has 210 valence electrons. The van der Waals surface area contributed by atoms with Crippen LogP contribution >= 0.6 is 0 Å². The van der Waals surface area contributed by atoms with Crippen molar-refractivity contribution in [3.63, 3.8) is 0 Å². The van der Waals surface area contributed by atoms with Crippen LogP contribution in [-0.2, 0) is 51.6 Å². The van der Waals surface area contributed by atoms with Crippen LogP contribution in [0.5, 0.6) is 0 Å². The molecule has 0 aliphatic heterocycles. The first-order valence-electron chi connectivity index (χ1n) is 15.8. The maximum Gasteiger partial charge on any atom is 0.0486 e. The van der Waals surface area contributed by atoms with Gasteiger partial charge in [-0.05, 0) is 143 Å². The number of rotatable bonds is 8. The van der Waals surface area contributed by atoms with Gasteiger partial charge in [0.1, 0.15) is 0 Å². The van der Waals surface area contributed by atoms with Gasteiger partial charge >= 0.3 is 0 Å². The number of aryl methyl sites for hydroxylation is 6. The van der Waals surface area contributed by atoms with Gasteiger partial charge < -0.3 is 20.2 Å². The highest BCUT2D eigenvalue weighted by Crippen LogP contribution is 2.34. The number of nitrogens with zero attached hydrogens (tertiary/aromatic N) is 2. The lowest BCUT2D eigenvalue weighted by Crippen LogP contribution is -2.10. The van der Waals surface area contributed by atoms with Crippen LogP contribution in [0.4, 0.5) is 0 Å². The highest BCUT2D eigenvalue weighted by atomic mass is 15.0. The minimum absolute atomic E-state index is 0.743. The van der Waals surface area contributed by atoms with E-state index >= 15 is 0 Å². The molecule has 2 heterocycles. The van der Waals surface area contributed by atoms with Crippen molar-refractivity contribution in [3.05, 3.63) is 70.0 Å². The Morgan fingerprint density at radius 1 is 0.718 bits per heavy atom. The summed E-state index contributed by atoms with van der Waals surface area (Å²) in [4.78, 5) is 0. The fourth-order valence-corrected chi connectivity index (χ4v) is 7.13. The lowest BCUT2D eigenvalue weighted by Gasteiger charge is -2.18. The largest absolute Gasteiger partial charge is 0.347 e. The third-order valence-corrected chi connectivity index (χ3v) is 9.02. The van der Waals surface area contributed by atoms with E-state index in [-0.39, 0.29) is 0 Å². The first-order valence-corrected chi connectivity index (χ1v) is 15.8. The molecule has 0 saturated heterocycles. The predicted molar refractivity (Wildman–Crippen MR) is 168 cm³/mol. The molecule has 4 heteroatoms. The highest BCUT2D eigenvalue weighted by Gasteiger charge is 2.18. The molecule has 2 aliphatic rings. The summed E-state index contributed by atoms with van der Waals surface area (Å²) in [6.07, 6.45) is 19.9. The third-order valence-electron chi connectivity index (χ3n) is 9.02. The maximum atomic E-state index is 5.80. The summed E-state index contributed by atoms with van der Waals surface area (Å²) in [5.41, 5.74) is 18.1. The zero-order valence-electron chi connectivity index (χ0n) is 24.7. The van der Waals surface area contributed by atoms with Gasteiger partial charge in [0.15, 0.2) is 0 Å². The van der Waals surface area contributed by atoms with Crippen LogP contribution < -0.4 is 11.1 Å². The Balaban J connectivity index is 0.000000158. The van der Waals surface area contributed by atoms with Crippen molar-refractivity contribution >= 4 is 21.8 Å². The minimum Gasteiger partial charge on any atom is -0.347 e. The number of benzene rings is 2. The van der Waals surface area contributed by atoms with Crippen molar-refractivity contribution in [3.8, 4) is 0 Å². The molecule has 39 heavy (non-hydrogen) atoms. The normalized spacial score (nSPS) is 15.1. The molecule has 4 nitrogen and oxygen atoms in total. The van der Waals surface area contributed by atoms with E-state index in [0.29, 0.717) is 0 Å². The predicted octanol–water partition coefficient (Wildman–Crippen LogP) is 7.12. The third kappa shape index (κ3) is 5.83. The van der Waals surface area contributed by atoms with E-state index in [1.807, 2.05) is 7.05 Å². The van der Waals surface area contributed by atoms with E-state index in [1.165, 1.54) is 86.2 Å². The first-order chi connectivity index (χ1) is 19.2. The number of aromatic nitrogens is 2. The van der Waals surface area contributed by atoms with Gasteiger partial charge in [-0.15, -0.1) is 0 Å². The standard InChI is InChI=1S/C18H26N2.C17H24N2/c1-3-12-20-13-15(10-11-19-2)18-16-7-5-4-6-14(16)8-9-17(18)20;1-2-19-12-14(10-11-18)17-15-7-5-3-4-6-13(15)8-9-16(17)19/h8-9,13,19H,3-7,10-12H2,1-2H3;8-9,12H,2-7,10-11,18H2,1H3. The van der Waals surface area contributed by atoms with E-state index in [9.17, 15) is 0 Å². The van der Waals surface area contributed by atoms with Crippen molar-refractivity contribution in [1.29, 1.82) is 0 Å². The fourth-order valence-electron chi connectivity index (χ4n) is 7.13. The molecule has 2 aromatic heterocycles. The molecule has 0 radical (unpaired) electrons. The molecule has 0 unspecified atom stereocenters. The lowest BCUT2D eigenvalue weighted by molar-refractivity contribution is 0.687. The first kappa shape index (κ1) is 28.0. The van der Waals surface area contributed by atoms with Crippen LogP contribution in [0.2, 0.25) is 0 Å². The highest BCUT2D eigenvalue weighted by molar-refractivity contribution is 5.89. The molecule has 0 saturated carbocycles. The molecule has 2 aromatic carbocycles. The Labute approximate surface area is 236 Å². The zero-order valence-corrected chi connectivity index (χ0v) is 24.7. The van der Waals surface area contributed by atoms with Crippen LogP contribution in [0.3, 0.4) is 0 Å². The van der Waals surface area contributed by atoms with Gasteiger partial charge in [0.2, 0.25) is 0 Å². The van der Waals surface area contributed by atoms with Crippen LogP contribution in [0, 0.1) is 0 Å². The van der Waals surface area contributed by atoms with Crippen molar-refractivity contribution in [1.82, 2.24) is 14.5 Å². The molecule has 3 N–H and O–H groups in total. The van der Waals surface area contributed by atoms with Crippen molar-refractivity contribution in [2.45, 2.75) is 104 Å². The number of hydrogen-bond donors (Lipinski definition) is 2. The Hall–Kier alpha value is -2.56. The topological polar surface area (TPSA) is 47.9 Å². The molecule has 0 fully saturated rings. The van der Waals surface area contributed by atoms with Gasteiger partial charge in [-0.25, -0.2) is 0 Å². The smallest absolute Gasteiger partial charge is 0.0486 e. The summed E-state index contributed by atoms with van der Waals surface area (Å²) in [6, 6.07) is 9.42. The zero-order chi connectivity index (χ0) is 27.2. The maximum absolute atomic E-state index is 5.80. The molecule has 4 aromatic rings. The summed E-state index contributed by atoms with van der Waals surface area (Å²) in [7, 11) is 2.04. The van der Waals surface area contributed by atoms with E-state index in [1.54, 1.807) is 33.2 Å². The molecule has 0 amide bonds. The van der Waals surface area contributed by atoms with E-state index < -0.39 is 0 Å². The van der Waals surface area contributed by atoms with Crippen LogP contribution in [0.1, 0.15) is 85.8 Å². The number of likely N-dealkylation sites (N-methyl/N-ethyl adjacent to an activating group) is 1. The Morgan fingerprint density at radius 2 is 1.28 bits per heavy atom. The average molecular weight is 527 g/mol. The second-order valence-corrected chi connectivity index (χ2v) is 11.6. The SMILES string of the molecule is CCCn1cc(CCNC)c2c3c(ccc21)CCCC3.CCn1cc(CCN)c2c3c(ccc21)CCCCC3. The lowest BCUT2D eigenvalue weighted by atomic mass is 9.88. The van der Waals surface area contributed by atoms with Gasteiger partial charge in [-0.3, -0.25) is 0 Å². The number of hydrogen-bond acceptors (Lipinski definition) is 2. The van der Waals surface area contributed by atoms with Crippen molar-refractivity contribution in [2.24, 2.45) is 5.73 Å². The van der Waals surface area contributed by atoms with E-state index in [4.69, 9.17) is 5.73 Å². The summed E-state index contributed by atoms with van der Waals surface area (Å²) >= 11 is 0. The molecule has 0 bridgehead atoms. The van der Waals surface area contributed by atoms with Gasteiger partial charge in [0.05, 0.1) is 0 Å². The number of nitrogens with one attached hydrogen (secondary N) is 1. The second kappa shape index (κ2) is 13.2. The average Bonchev–Trinajstić information content (AvgIpc) is 3.40. The quantitative estimate of drug-likeness (QED) is 0.240. The van der Waals surface area contributed by atoms with Gasteiger partial charge in [-0.1, -0.05) is 25.5 Å². The molecule has 6 rings (SSSR count). The molecule has 2 aliphatic carbocycles. The monoisotopic (exact) mass is 526 g/mol. The Kier molecular flexibility index (Phi) is 9.47. The van der Waals surface area contributed by atoms with Crippen molar-refractivity contribution < 1.29 is 0 Å². The second-order valence-electron chi connectivity index (χ2n) is 11.6. The number of fused-ring (bicyclic) bond motifs is 6. The minimum atomic E-state index is 0.743. The van der Waals surface area contributed by atoms with E-state index in [0.717, 1.165) is 39.0 Å². The molecule has 0 atom stereocenters. The van der Waals surface area contributed by atoms with Crippen LogP contribution in [-0.4, -0.2) is 29.3 Å². The van der Waals surface area contributed by atoms with Gasteiger partial charge in [0.25, 0.3) is 0 Å². The summed E-state index contributed by atoms with van der Waals surface area (Å²) in [6.45, 7) is 8.46. The molecular weight excluding hydrogens is 476 g/mol. The number of nitrogens with two attached hydrogens (primary N) is 1. The Bertz CT molecular complexity index is 1390. The Morgan fingerprint density at radius 3 is 1.90 bits per heavy atom. The van der Waals surface area contributed by atoms with E-state index in [2.05, 4.69) is 65.0 Å². The molecule has 0 spiro atoms. The fraction of sp³-hybridized carbons (Fsp3) is 0.543. The summed E-state index contributed by atoms with van der Waals surface area (Å²) < 4.78 is 4.85. The van der Waals surface area contributed by atoms with Gasteiger partial charge in [-0.2, -0.15) is 0 Å². The summed E-state index contributed by atoms with van der Waals surface area (Å²) in [5, 5.41) is 6.39. The van der Waals surface area contributed by atoms with Crippen LogP contribution in [0.15, 0.2) is 36.7 Å². The van der Waals surface area contributed by atoms with Crippen molar-refractivity contribution in [2.75, 3.05) is 20.1 Å². The molecular formula is C35H50N4. The van der Waals surface area contributed by atoms with Gasteiger partial charge in [0, 0.05) is 47.3 Å². The summed E-state index contributed by atoms with van der Waals surface area (Å²) in [5.74, 6) is 0. The van der Waals surface area contributed by atoms with Crippen LogP contribution in [0.25, 0.3) is 21.8 Å².